The second-order valence-corrected chi connectivity index (χ2v) is 5.51. The molecule has 0 aliphatic heterocycles. The van der Waals surface area contributed by atoms with Gasteiger partial charge in [-0.25, -0.2) is 9.67 Å². The summed E-state index contributed by atoms with van der Waals surface area (Å²) in [5, 5.41) is 8.16. The van der Waals surface area contributed by atoms with Crippen molar-refractivity contribution in [3.05, 3.63) is 47.6 Å². The second kappa shape index (κ2) is 6.75. The number of nitrogens with one attached hydrogen (secondary N) is 1. The van der Waals surface area contributed by atoms with Gasteiger partial charge in [-0.05, 0) is 18.2 Å². The monoisotopic (exact) mass is 350 g/mol. The number of hydrogen-bond acceptors (Lipinski definition) is 5. The molecule has 0 aliphatic rings. The predicted octanol–water partition coefficient (Wildman–Crippen LogP) is 3.66. The maximum atomic E-state index is 12.5. The van der Waals surface area contributed by atoms with Crippen LogP contribution in [0.2, 0.25) is 0 Å². The highest BCUT2D eigenvalue weighted by Crippen LogP contribution is 2.31. The van der Waals surface area contributed by atoms with Crippen molar-refractivity contribution in [2.45, 2.75) is 6.55 Å². The molecule has 24 heavy (non-hydrogen) atoms. The third-order valence-electron chi connectivity index (χ3n) is 3.15. The number of carbonyl (C=O) groups excluding carboxylic acids is 1. The number of halogens is 2. The van der Waals surface area contributed by atoms with E-state index >= 15 is 0 Å². The number of thiazole rings is 1. The Morgan fingerprint density at radius 1 is 1.33 bits per heavy atom. The molecule has 0 spiro atoms. The standard InChI is InChI=1S/C15H12F2N4O2S/c1-23-12-5-3-2-4-9(12)11-8-24-15(18-11)19-13(22)10-6-7-21(20-10)14(16)17/h2-8,14H,1H3,(H,18,19,22). The number of carbonyl (C=O) groups is 1. The minimum absolute atomic E-state index is 0.107. The van der Waals surface area contributed by atoms with E-state index in [9.17, 15) is 13.6 Å². The highest BCUT2D eigenvalue weighted by atomic mass is 32.1. The number of aromatic nitrogens is 3. The second-order valence-electron chi connectivity index (χ2n) is 4.65. The fourth-order valence-corrected chi connectivity index (χ4v) is 2.75. The molecule has 9 heteroatoms. The number of nitrogens with zero attached hydrogens (tertiary/aromatic N) is 3. The largest absolute Gasteiger partial charge is 0.496 e. The molecule has 0 radical (unpaired) electrons. The van der Waals surface area contributed by atoms with Crippen LogP contribution < -0.4 is 10.1 Å². The Balaban J connectivity index is 1.77. The van der Waals surface area contributed by atoms with Crippen LogP contribution in [0, 0.1) is 0 Å². The molecule has 0 aliphatic carbocycles. The van der Waals surface area contributed by atoms with Gasteiger partial charge in [0.05, 0.1) is 12.8 Å². The van der Waals surface area contributed by atoms with Crippen molar-refractivity contribution in [1.29, 1.82) is 0 Å². The first-order chi connectivity index (χ1) is 11.6. The number of alkyl halides is 2. The molecule has 0 fully saturated rings. The lowest BCUT2D eigenvalue weighted by Gasteiger charge is -2.04. The summed E-state index contributed by atoms with van der Waals surface area (Å²) in [5.74, 6) is 0.0617. The normalized spacial score (nSPS) is 10.8. The van der Waals surface area contributed by atoms with Crippen molar-refractivity contribution in [2.24, 2.45) is 0 Å². The van der Waals surface area contributed by atoms with Crippen LogP contribution in [0.5, 0.6) is 5.75 Å². The van der Waals surface area contributed by atoms with Gasteiger partial charge in [0, 0.05) is 17.1 Å². The molecule has 0 bridgehead atoms. The van der Waals surface area contributed by atoms with Crippen molar-refractivity contribution in [1.82, 2.24) is 14.8 Å². The van der Waals surface area contributed by atoms with Crippen LogP contribution in [0.25, 0.3) is 11.3 Å². The highest BCUT2D eigenvalue weighted by molar-refractivity contribution is 7.14. The zero-order chi connectivity index (χ0) is 17.1. The minimum atomic E-state index is -2.79. The SMILES string of the molecule is COc1ccccc1-c1csc(NC(=O)c2ccn(C(F)F)n2)n1. The Kier molecular flexibility index (Phi) is 4.52. The zero-order valence-electron chi connectivity index (χ0n) is 12.4. The van der Waals surface area contributed by atoms with E-state index in [4.69, 9.17) is 4.74 Å². The molecular formula is C15H12F2N4O2S. The first kappa shape index (κ1) is 16.1. The van der Waals surface area contributed by atoms with Crippen LogP contribution in [0.3, 0.4) is 0 Å². The lowest BCUT2D eigenvalue weighted by Crippen LogP contribution is -2.13. The van der Waals surface area contributed by atoms with E-state index < -0.39 is 12.5 Å². The molecule has 1 aromatic carbocycles. The molecule has 3 aromatic rings. The number of hydrogen-bond donors (Lipinski definition) is 1. The van der Waals surface area contributed by atoms with Crippen LogP contribution in [0.4, 0.5) is 13.9 Å². The molecule has 0 unspecified atom stereocenters. The van der Waals surface area contributed by atoms with Gasteiger partial charge < -0.3 is 4.74 Å². The molecule has 2 heterocycles. The summed E-state index contributed by atoms with van der Waals surface area (Å²) in [4.78, 5) is 16.3. The van der Waals surface area contributed by atoms with Crippen molar-refractivity contribution < 1.29 is 18.3 Å². The van der Waals surface area contributed by atoms with Gasteiger partial charge in [-0.2, -0.15) is 13.9 Å². The summed E-state index contributed by atoms with van der Waals surface area (Å²) in [5.41, 5.74) is 1.33. The van der Waals surface area contributed by atoms with Crippen LogP contribution >= 0.6 is 11.3 Å². The van der Waals surface area contributed by atoms with E-state index in [2.05, 4.69) is 15.4 Å². The Labute approximate surface area is 139 Å². The summed E-state index contributed by atoms with van der Waals surface area (Å²) in [6.07, 6.45) is 1.04. The van der Waals surface area contributed by atoms with Gasteiger partial charge in [0.1, 0.15) is 5.75 Å². The van der Waals surface area contributed by atoms with Gasteiger partial charge in [-0.3, -0.25) is 10.1 Å². The lowest BCUT2D eigenvalue weighted by molar-refractivity contribution is 0.0561. The third-order valence-corrected chi connectivity index (χ3v) is 3.91. The molecule has 3 rings (SSSR count). The van der Waals surface area contributed by atoms with Crippen LogP contribution in [-0.2, 0) is 0 Å². The van der Waals surface area contributed by atoms with E-state index in [1.165, 1.54) is 17.4 Å². The summed E-state index contributed by atoms with van der Waals surface area (Å²) >= 11 is 1.22. The highest BCUT2D eigenvalue weighted by Gasteiger charge is 2.16. The quantitative estimate of drug-likeness (QED) is 0.762. The average Bonchev–Trinajstić information content (AvgIpc) is 3.24. The third kappa shape index (κ3) is 3.25. The fourth-order valence-electron chi connectivity index (χ4n) is 2.04. The fraction of sp³-hybridized carbons (Fsp3) is 0.133. The molecule has 0 saturated heterocycles. The number of ether oxygens (including phenoxy) is 1. The van der Waals surface area contributed by atoms with Crippen molar-refractivity contribution in [2.75, 3.05) is 12.4 Å². The zero-order valence-corrected chi connectivity index (χ0v) is 13.3. The van der Waals surface area contributed by atoms with Crippen LogP contribution in [0.1, 0.15) is 17.0 Å². The molecule has 6 nitrogen and oxygen atoms in total. The number of benzene rings is 1. The Bertz CT molecular complexity index is 863. The summed E-state index contributed by atoms with van der Waals surface area (Å²) in [7, 11) is 1.56. The van der Waals surface area contributed by atoms with E-state index in [-0.39, 0.29) is 5.69 Å². The Morgan fingerprint density at radius 3 is 2.83 bits per heavy atom. The number of amides is 1. The van der Waals surface area contributed by atoms with Crippen molar-refractivity contribution in [3.63, 3.8) is 0 Å². The Morgan fingerprint density at radius 2 is 2.12 bits per heavy atom. The Hall–Kier alpha value is -2.81. The topological polar surface area (TPSA) is 69.0 Å². The summed E-state index contributed by atoms with van der Waals surface area (Å²) in [6, 6.07) is 8.58. The molecule has 0 saturated carbocycles. The summed E-state index contributed by atoms with van der Waals surface area (Å²) < 4.78 is 30.7. The van der Waals surface area contributed by atoms with Gasteiger partial charge in [0.2, 0.25) is 0 Å². The maximum absolute atomic E-state index is 12.5. The molecule has 1 N–H and O–H groups in total. The smallest absolute Gasteiger partial charge is 0.333 e. The molecule has 1 amide bonds. The molecular weight excluding hydrogens is 338 g/mol. The lowest BCUT2D eigenvalue weighted by atomic mass is 10.1. The number of para-hydroxylation sites is 1. The number of methoxy groups -OCH3 is 1. The van der Waals surface area contributed by atoms with Crippen molar-refractivity contribution >= 4 is 22.4 Å². The first-order valence-corrected chi connectivity index (χ1v) is 7.70. The predicted molar refractivity (Wildman–Crippen MR) is 85.5 cm³/mol. The van der Waals surface area contributed by atoms with Gasteiger partial charge in [-0.1, -0.05) is 12.1 Å². The number of rotatable bonds is 5. The van der Waals surface area contributed by atoms with Crippen LogP contribution in [0.15, 0.2) is 41.9 Å². The van der Waals surface area contributed by atoms with E-state index in [1.807, 2.05) is 24.3 Å². The van der Waals surface area contributed by atoms with E-state index in [0.717, 1.165) is 11.8 Å². The molecule has 0 atom stereocenters. The minimum Gasteiger partial charge on any atom is -0.496 e. The number of anilines is 1. The van der Waals surface area contributed by atoms with Gasteiger partial charge >= 0.3 is 6.55 Å². The first-order valence-electron chi connectivity index (χ1n) is 6.82. The van der Waals surface area contributed by atoms with Gasteiger partial charge in [-0.15, -0.1) is 11.3 Å². The molecule has 2 aromatic heterocycles. The molecule has 124 valence electrons. The van der Waals surface area contributed by atoms with Gasteiger partial charge in [0.25, 0.3) is 5.91 Å². The van der Waals surface area contributed by atoms with Crippen molar-refractivity contribution in [3.8, 4) is 17.0 Å². The van der Waals surface area contributed by atoms with E-state index in [1.54, 1.807) is 12.5 Å². The summed E-state index contributed by atoms with van der Waals surface area (Å²) in [6.45, 7) is -2.79. The van der Waals surface area contributed by atoms with E-state index in [0.29, 0.717) is 21.3 Å². The van der Waals surface area contributed by atoms with Gasteiger partial charge in [0.15, 0.2) is 10.8 Å². The van der Waals surface area contributed by atoms with Crippen LogP contribution in [-0.4, -0.2) is 27.8 Å². The average molecular weight is 350 g/mol. The maximum Gasteiger partial charge on any atom is 0.333 e.